The first kappa shape index (κ1) is 14.8. The maximum Gasteiger partial charge on any atom is 0.0541 e. The van der Waals surface area contributed by atoms with Crippen LogP contribution in [-0.2, 0) is 0 Å². The maximum atomic E-state index is 3.94. The molecule has 1 heteroatoms. The molecule has 1 aliphatic carbocycles. The molecule has 1 aliphatic rings. The molecule has 24 heavy (non-hydrogen) atoms. The van der Waals surface area contributed by atoms with Gasteiger partial charge in [-0.25, -0.2) is 0 Å². The Labute approximate surface area is 142 Å². The number of allylic oxidation sites excluding steroid dienone is 7. The molecule has 0 N–H and O–H groups in total. The van der Waals surface area contributed by atoms with Gasteiger partial charge in [-0.05, 0) is 55.2 Å². The Morgan fingerprint density at radius 3 is 2.62 bits per heavy atom. The molecular weight excluding hydrogens is 290 g/mol. The molecule has 0 amide bonds. The van der Waals surface area contributed by atoms with Crippen molar-refractivity contribution >= 4 is 33.1 Å². The zero-order valence-corrected chi connectivity index (χ0v) is 14.0. The monoisotopic (exact) mass is 311 g/mol. The van der Waals surface area contributed by atoms with E-state index in [1.165, 1.54) is 38.6 Å². The molecule has 0 radical (unpaired) electrons. The predicted molar refractivity (Wildman–Crippen MR) is 106 cm³/mol. The number of fused-ring (bicyclic) bond motifs is 3. The number of nitrogens with zero attached hydrogens (tertiary/aromatic N) is 1. The normalized spacial score (nSPS) is 15.0. The van der Waals surface area contributed by atoms with Crippen molar-refractivity contribution in [2.45, 2.75) is 19.8 Å². The summed E-state index contributed by atoms with van der Waals surface area (Å²) in [6.45, 7) is 6.00. The standard InChI is InChI=1S/C23H21N/c1-3-17(4-2)18-14-15-23-21(16-18)20-12-8-9-13-22(20)24(23)19-10-6-5-7-11-19/h3-4,6,8-16H,1,5,7H2,2H3. The molecule has 118 valence electrons. The van der Waals surface area contributed by atoms with Crippen LogP contribution < -0.4 is 0 Å². The third-order valence-electron chi connectivity index (χ3n) is 4.77. The lowest BCUT2D eigenvalue weighted by molar-refractivity contribution is 1.02. The van der Waals surface area contributed by atoms with Gasteiger partial charge in [0.25, 0.3) is 0 Å². The van der Waals surface area contributed by atoms with E-state index in [0.717, 1.165) is 12.8 Å². The van der Waals surface area contributed by atoms with E-state index in [0.29, 0.717) is 0 Å². The van der Waals surface area contributed by atoms with Crippen LogP contribution in [-0.4, -0.2) is 4.57 Å². The molecule has 3 aromatic rings. The Hall–Kier alpha value is -2.80. The van der Waals surface area contributed by atoms with E-state index < -0.39 is 0 Å². The van der Waals surface area contributed by atoms with Gasteiger partial charge in [0.15, 0.2) is 0 Å². The number of benzene rings is 2. The molecule has 0 saturated carbocycles. The highest BCUT2D eigenvalue weighted by Gasteiger charge is 2.13. The molecule has 1 heterocycles. The maximum absolute atomic E-state index is 3.94. The van der Waals surface area contributed by atoms with Crippen LogP contribution in [0, 0.1) is 0 Å². The highest BCUT2D eigenvalue weighted by Crippen LogP contribution is 2.34. The quantitative estimate of drug-likeness (QED) is 0.482. The molecule has 0 aliphatic heterocycles. The van der Waals surface area contributed by atoms with Crippen molar-refractivity contribution in [3.8, 4) is 0 Å². The number of rotatable bonds is 3. The van der Waals surface area contributed by atoms with Gasteiger partial charge in [0, 0.05) is 16.5 Å². The summed E-state index contributed by atoms with van der Waals surface area (Å²) in [7, 11) is 0. The Kier molecular flexibility index (Phi) is 3.70. The van der Waals surface area contributed by atoms with Crippen molar-refractivity contribution in [1.82, 2.24) is 4.57 Å². The predicted octanol–water partition coefficient (Wildman–Crippen LogP) is 6.57. The van der Waals surface area contributed by atoms with E-state index in [9.17, 15) is 0 Å². The second-order valence-electron chi connectivity index (χ2n) is 6.14. The minimum absolute atomic E-state index is 1.11. The number of hydrogen-bond acceptors (Lipinski definition) is 0. The average Bonchev–Trinajstić information content (AvgIpc) is 2.97. The van der Waals surface area contributed by atoms with Crippen LogP contribution in [0.1, 0.15) is 25.3 Å². The fourth-order valence-electron chi connectivity index (χ4n) is 3.60. The molecule has 1 aromatic heterocycles. The van der Waals surface area contributed by atoms with Gasteiger partial charge in [0.05, 0.1) is 11.0 Å². The molecule has 0 spiro atoms. The van der Waals surface area contributed by atoms with E-state index in [1.807, 2.05) is 6.08 Å². The van der Waals surface area contributed by atoms with Crippen LogP contribution in [0.15, 0.2) is 79.4 Å². The zero-order valence-electron chi connectivity index (χ0n) is 14.0. The third kappa shape index (κ3) is 2.25. The molecule has 0 fully saturated rings. The summed E-state index contributed by atoms with van der Waals surface area (Å²) in [6, 6.07) is 15.4. The van der Waals surface area contributed by atoms with Crippen molar-refractivity contribution in [2.75, 3.05) is 0 Å². The number of hydrogen-bond donors (Lipinski definition) is 0. The van der Waals surface area contributed by atoms with Gasteiger partial charge < -0.3 is 4.57 Å². The molecule has 4 rings (SSSR count). The Balaban J connectivity index is 2.06. The largest absolute Gasteiger partial charge is 0.310 e. The summed E-state index contributed by atoms with van der Waals surface area (Å²) in [6.07, 6.45) is 13.1. The van der Waals surface area contributed by atoms with Gasteiger partial charge in [-0.15, -0.1) is 0 Å². The number of aromatic nitrogens is 1. The molecule has 2 aromatic carbocycles. The van der Waals surface area contributed by atoms with Crippen LogP contribution in [0.25, 0.3) is 33.1 Å². The van der Waals surface area contributed by atoms with Gasteiger partial charge >= 0.3 is 0 Å². The van der Waals surface area contributed by atoms with Crippen molar-refractivity contribution in [2.24, 2.45) is 0 Å². The summed E-state index contributed by atoms with van der Waals surface area (Å²) in [4.78, 5) is 0. The topological polar surface area (TPSA) is 4.93 Å². The summed E-state index contributed by atoms with van der Waals surface area (Å²) in [5.74, 6) is 0. The first-order valence-corrected chi connectivity index (χ1v) is 8.53. The lowest BCUT2D eigenvalue weighted by Gasteiger charge is -2.12. The molecule has 1 nitrogen and oxygen atoms in total. The van der Waals surface area contributed by atoms with Gasteiger partial charge in [-0.2, -0.15) is 0 Å². The first-order chi connectivity index (χ1) is 11.8. The minimum atomic E-state index is 1.11. The SMILES string of the molecule is C=CC(=CC)c1ccc2c(c1)c1ccccc1n2C1=CCCC=C1. The fourth-order valence-corrected chi connectivity index (χ4v) is 3.60. The summed E-state index contributed by atoms with van der Waals surface area (Å²) < 4.78 is 2.38. The summed E-state index contributed by atoms with van der Waals surface area (Å²) >= 11 is 0. The van der Waals surface area contributed by atoms with Crippen LogP contribution in [0.2, 0.25) is 0 Å². The smallest absolute Gasteiger partial charge is 0.0541 e. The van der Waals surface area contributed by atoms with Gasteiger partial charge in [-0.1, -0.05) is 55.1 Å². The van der Waals surface area contributed by atoms with Gasteiger partial charge in [0.2, 0.25) is 0 Å². The van der Waals surface area contributed by atoms with Crippen LogP contribution in [0.5, 0.6) is 0 Å². The average molecular weight is 311 g/mol. The van der Waals surface area contributed by atoms with Crippen LogP contribution in [0.3, 0.4) is 0 Å². The summed E-state index contributed by atoms with van der Waals surface area (Å²) in [5.41, 5.74) is 6.19. The Morgan fingerprint density at radius 1 is 1.04 bits per heavy atom. The lowest BCUT2D eigenvalue weighted by atomic mass is 10.0. The van der Waals surface area contributed by atoms with Crippen LogP contribution in [0.4, 0.5) is 0 Å². The van der Waals surface area contributed by atoms with E-state index in [1.54, 1.807) is 0 Å². The van der Waals surface area contributed by atoms with Gasteiger partial charge in [-0.3, -0.25) is 0 Å². The van der Waals surface area contributed by atoms with E-state index in [4.69, 9.17) is 0 Å². The van der Waals surface area contributed by atoms with Crippen LogP contribution >= 0.6 is 0 Å². The van der Waals surface area contributed by atoms with E-state index in [-0.39, 0.29) is 0 Å². The molecule has 0 bridgehead atoms. The molecule has 0 saturated heterocycles. The lowest BCUT2D eigenvalue weighted by Crippen LogP contribution is -1.96. The second kappa shape index (κ2) is 6.01. The van der Waals surface area contributed by atoms with Crippen molar-refractivity contribution in [3.63, 3.8) is 0 Å². The Morgan fingerprint density at radius 2 is 1.88 bits per heavy atom. The van der Waals surface area contributed by atoms with Crippen molar-refractivity contribution in [1.29, 1.82) is 0 Å². The van der Waals surface area contributed by atoms with E-state index in [2.05, 4.69) is 84.8 Å². The molecular formula is C23H21N. The highest BCUT2D eigenvalue weighted by atomic mass is 15.0. The first-order valence-electron chi connectivity index (χ1n) is 8.53. The molecule has 0 atom stereocenters. The van der Waals surface area contributed by atoms with Crippen molar-refractivity contribution < 1.29 is 0 Å². The number of para-hydroxylation sites is 1. The summed E-state index contributed by atoms with van der Waals surface area (Å²) in [5, 5.41) is 2.60. The molecule has 0 unspecified atom stereocenters. The second-order valence-corrected chi connectivity index (χ2v) is 6.14. The van der Waals surface area contributed by atoms with Gasteiger partial charge in [0.1, 0.15) is 0 Å². The zero-order chi connectivity index (χ0) is 16.5. The fraction of sp³-hybridized carbons (Fsp3) is 0.130. The minimum Gasteiger partial charge on any atom is -0.310 e. The third-order valence-corrected chi connectivity index (χ3v) is 4.77. The van der Waals surface area contributed by atoms with Crippen molar-refractivity contribution in [3.05, 3.63) is 85.0 Å². The van der Waals surface area contributed by atoms with E-state index >= 15 is 0 Å². The Bertz CT molecular complexity index is 1020. The highest BCUT2D eigenvalue weighted by molar-refractivity contribution is 6.11.